The lowest BCUT2D eigenvalue weighted by molar-refractivity contribution is 0.149. The Hall–Kier alpha value is -0.460. The number of halogens is 4. The van der Waals surface area contributed by atoms with E-state index < -0.39 is 25.9 Å². The van der Waals surface area contributed by atoms with Crippen LogP contribution in [0.5, 0.6) is 0 Å². The highest BCUT2D eigenvalue weighted by atomic mass is 127. The molecule has 0 radical (unpaired) electrons. The standard InChI is InChI=1S/C8H3ClF2INO2S/c9-16(14,15)5-2-1-4(3-13)6(7(5)12)8(10)11/h1-2,8H. The van der Waals surface area contributed by atoms with Crippen molar-refractivity contribution >= 4 is 42.3 Å². The van der Waals surface area contributed by atoms with Gasteiger partial charge in [-0.05, 0) is 34.7 Å². The van der Waals surface area contributed by atoms with E-state index in [1.165, 1.54) is 22.6 Å². The van der Waals surface area contributed by atoms with Gasteiger partial charge in [0.05, 0.1) is 22.1 Å². The molecule has 0 atom stereocenters. The van der Waals surface area contributed by atoms with Crippen molar-refractivity contribution < 1.29 is 17.2 Å². The van der Waals surface area contributed by atoms with E-state index in [4.69, 9.17) is 15.9 Å². The van der Waals surface area contributed by atoms with Crippen LogP contribution in [0.3, 0.4) is 0 Å². The minimum atomic E-state index is -4.09. The zero-order valence-electron chi connectivity index (χ0n) is 7.42. The number of nitriles is 1. The molecule has 0 aromatic heterocycles. The van der Waals surface area contributed by atoms with Crippen LogP contribution in [0, 0.1) is 14.9 Å². The van der Waals surface area contributed by atoms with Crippen LogP contribution in [0.4, 0.5) is 8.78 Å². The van der Waals surface area contributed by atoms with Gasteiger partial charge in [0.15, 0.2) is 0 Å². The predicted octanol–water partition coefficient (Wildman–Crippen LogP) is 3.03. The van der Waals surface area contributed by atoms with E-state index in [0.29, 0.717) is 0 Å². The molecule has 0 aliphatic rings. The molecular weight excluding hydrogens is 375 g/mol. The average molecular weight is 378 g/mol. The fourth-order valence-electron chi connectivity index (χ4n) is 1.07. The minimum absolute atomic E-state index is 0.221. The number of alkyl halides is 2. The smallest absolute Gasteiger partial charge is 0.207 e. The van der Waals surface area contributed by atoms with E-state index in [0.717, 1.165) is 12.1 Å². The largest absolute Gasteiger partial charge is 0.266 e. The molecule has 0 aliphatic carbocycles. The van der Waals surface area contributed by atoms with Gasteiger partial charge in [-0.25, -0.2) is 17.2 Å². The summed E-state index contributed by atoms with van der Waals surface area (Å²) in [6, 6.07) is 3.62. The Morgan fingerprint density at radius 1 is 1.44 bits per heavy atom. The normalized spacial score (nSPS) is 11.5. The van der Waals surface area contributed by atoms with Gasteiger partial charge in [0.1, 0.15) is 0 Å². The summed E-state index contributed by atoms with van der Waals surface area (Å²) in [7, 11) is 0.983. The summed E-state index contributed by atoms with van der Waals surface area (Å²) < 4.78 is 47.2. The van der Waals surface area contributed by atoms with Crippen LogP contribution in [0.2, 0.25) is 0 Å². The van der Waals surface area contributed by atoms with E-state index in [-0.39, 0.29) is 9.13 Å². The Labute approximate surface area is 109 Å². The Morgan fingerprint density at radius 3 is 2.38 bits per heavy atom. The van der Waals surface area contributed by atoms with Gasteiger partial charge in [0.25, 0.3) is 15.5 Å². The summed E-state index contributed by atoms with van der Waals surface area (Å²) in [6.45, 7) is 0. The molecular formula is C8H3ClF2INO2S. The Bertz CT molecular complexity index is 568. The van der Waals surface area contributed by atoms with Crippen LogP contribution in [-0.4, -0.2) is 8.42 Å². The molecule has 0 bridgehead atoms. The van der Waals surface area contributed by atoms with Crippen molar-refractivity contribution in [2.75, 3.05) is 0 Å². The molecule has 0 spiro atoms. The molecule has 16 heavy (non-hydrogen) atoms. The first-order valence-electron chi connectivity index (χ1n) is 3.74. The van der Waals surface area contributed by atoms with E-state index in [2.05, 4.69) is 0 Å². The van der Waals surface area contributed by atoms with Gasteiger partial charge in [-0.2, -0.15) is 5.26 Å². The van der Waals surface area contributed by atoms with E-state index in [1.807, 2.05) is 0 Å². The third kappa shape index (κ3) is 2.61. The van der Waals surface area contributed by atoms with Gasteiger partial charge in [-0.1, -0.05) is 0 Å². The average Bonchev–Trinajstić information content (AvgIpc) is 2.14. The Balaban J connectivity index is 3.65. The lowest BCUT2D eigenvalue weighted by Gasteiger charge is -2.08. The molecule has 0 unspecified atom stereocenters. The predicted molar refractivity (Wildman–Crippen MR) is 61.9 cm³/mol. The second kappa shape index (κ2) is 4.81. The van der Waals surface area contributed by atoms with Crippen LogP contribution in [0.1, 0.15) is 17.6 Å². The zero-order chi connectivity index (χ0) is 12.5. The quantitative estimate of drug-likeness (QED) is 0.588. The number of hydrogen-bond acceptors (Lipinski definition) is 3. The first-order valence-corrected chi connectivity index (χ1v) is 7.13. The first-order chi connectivity index (χ1) is 7.29. The van der Waals surface area contributed by atoms with Crippen LogP contribution in [0.15, 0.2) is 17.0 Å². The molecule has 1 rings (SSSR count). The van der Waals surface area contributed by atoms with Crippen molar-refractivity contribution in [3.05, 3.63) is 26.8 Å². The lowest BCUT2D eigenvalue weighted by Crippen LogP contribution is -2.02. The lowest BCUT2D eigenvalue weighted by atomic mass is 10.1. The molecule has 0 saturated heterocycles. The highest BCUT2D eigenvalue weighted by molar-refractivity contribution is 14.1. The van der Waals surface area contributed by atoms with Gasteiger partial charge in [0, 0.05) is 14.3 Å². The first kappa shape index (κ1) is 13.6. The topological polar surface area (TPSA) is 57.9 Å². The van der Waals surface area contributed by atoms with Crippen LogP contribution < -0.4 is 0 Å². The fourth-order valence-corrected chi connectivity index (χ4v) is 3.98. The highest BCUT2D eigenvalue weighted by Gasteiger charge is 2.24. The summed E-state index contributed by atoms with van der Waals surface area (Å²) in [5.74, 6) is 0. The Morgan fingerprint density at radius 2 is 2.00 bits per heavy atom. The summed E-state index contributed by atoms with van der Waals surface area (Å²) in [6.07, 6.45) is -2.93. The van der Waals surface area contributed by atoms with Crippen LogP contribution >= 0.6 is 33.3 Å². The molecule has 0 amide bonds. The van der Waals surface area contributed by atoms with Gasteiger partial charge in [0.2, 0.25) is 0 Å². The third-order valence-corrected chi connectivity index (χ3v) is 4.64. The third-order valence-electron chi connectivity index (χ3n) is 1.75. The van der Waals surface area contributed by atoms with Crippen molar-refractivity contribution in [3.8, 4) is 6.07 Å². The van der Waals surface area contributed by atoms with Crippen LogP contribution in [-0.2, 0) is 9.05 Å². The monoisotopic (exact) mass is 377 g/mol. The van der Waals surface area contributed by atoms with Crippen molar-refractivity contribution in [2.45, 2.75) is 11.3 Å². The van der Waals surface area contributed by atoms with Crippen molar-refractivity contribution in [2.24, 2.45) is 0 Å². The SMILES string of the molecule is N#Cc1ccc(S(=O)(=O)Cl)c(I)c1C(F)F. The van der Waals surface area contributed by atoms with Gasteiger partial charge < -0.3 is 0 Å². The van der Waals surface area contributed by atoms with Gasteiger partial charge in [-0.3, -0.25) is 0 Å². The maximum atomic E-state index is 12.6. The van der Waals surface area contributed by atoms with Crippen molar-refractivity contribution in [1.82, 2.24) is 0 Å². The molecule has 0 N–H and O–H groups in total. The fraction of sp³-hybridized carbons (Fsp3) is 0.125. The van der Waals surface area contributed by atoms with Crippen LogP contribution in [0.25, 0.3) is 0 Å². The number of rotatable bonds is 2. The Kier molecular flexibility index (Phi) is 4.09. The highest BCUT2D eigenvalue weighted by Crippen LogP contribution is 2.33. The van der Waals surface area contributed by atoms with Crippen molar-refractivity contribution in [3.63, 3.8) is 0 Å². The second-order valence-electron chi connectivity index (χ2n) is 2.69. The number of nitrogens with zero attached hydrogens (tertiary/aromatic N) is 1. The van der Waals surface area contributed by atoms with E-state index in [9.17, 15) is 17.2 Å². The maximum Gasteiger partial charge on any atom is 0.266 e. The molecule has 86 valence electrons. The minimum Gasteiger partial charge on any atom is -0.207 e. The van der Waals surface area contributed by atoms with E-state index in [1.54, 1.807) is 6.07 Å². The van der Waals surface area contributed by atoms with E-state index >= 15 is 0 Å². The molecule has 0 fully saturated rings. The summed E-state index contributed by atoms with van der Waals surface area (Å²) in [5.41, 5.74) is -0.867. The molecule has 0 heterocycles. The van der Waals surface area contributed by atoms with Crippen molar-refractivity contribution in [1.29, 1.82) is 5.26 Å². The zero-order valence-corrected chi connectivity index (χ0v) is 11.1. The molecule has 8 heteroatoms. The summed E-state index contributed by atoms with van der Waals surface area (Å²) >= 11 is 1.44. The molecule has 0 aliphatic heterocycles. The molecule has 1 aromatic carbocycles. The number of benzene rings is 1. The second-order valence-corrected chi connectivity index (χ2v) is 6.30. The van der Waals surface area contributed by atoms with Gasteiger partial charge in [-0.15, -0.1) is 0 Å². The summed E-state index contributed by atoms with van der Waals surface area (Å²) in [5, 5.41) is 8.62. The molecule has 1 aromatic rings. The summed E-state index contributed by atoms with van der Waals surface area (Å²) in [4.78, 5) is -0.413. The number of hydrogen-bond donors (Lipinski definition) is 0. The maximum absolute atomic E-state index is 12.6. The van der Waals surface area contributed by atoms with Gasteiger partial charge >= 0.3 is 0 Å². The molecule has 3 nitrogen and oxygen atoms in total. The molecule has 0 saturated carbocycles.